The van der Waals surface area contributed by atoms with E-state index >= 15 is 0 Å². The van der Waals surface area contributed by atoms with Crippen molar-refractivity contribution in [3.05, 3.63) is 42.5 Å². The van der Waals surface area contributed by atoms with Crippen molar-refractivity contribution in [1.82, 2.24) is 10.2 Å². The number of amides is 5. The zero-order valence-electron chi connectivity index (χ0n) is 14.2. The van der Waals surface area contributed by atoms with Crippen LogP contribution < -0.4 is 10.6 Å². The van der Waals surface area contributed by atoms with E-state index < -0.39 is 45.2 Å². The van der Waals surface area contributed by atoms with Crippen LogP contribution in [-0.2, 0) is 14.4 Å². The molecule has 2 fully saturated rings. The molecule has 2 saturated heterocycles. The molecular formula is C18H13N3O5S2. The molecule has 0 bridgehead atoms. The molecule has 0 unspecified atom stereocenters. The maximum absolute atomic E-state index is 12.6. The molecule has 0 radical (unpaired) electrons. The van der Waals surface area contributed by atoms with E-state index in [0.717, 1.165) is 15.7 Å². The number of fused-ring (bicyclic) bond motifs is 1. The van der Waals surface area contributed by atoms with Crippen LogP contribution in [0.1, 0.15) is 0 Å². The van der Waals surface area contributed by atoms with Crippen LogP contribution >= 0.6 is 23.5 Å². The Morgan fingerprint density at radius 2 is 1.75 bits per heavy atom. The lowest BCUT2D eigenvalue weighted by molar-refractivity contribution is -0.131. The normalized spacial score (nSPS) is 22.1. The summed E-state index contributed by atoms with van der Waals surface area (Å²) in [5.74, 6) is -1.78. The summed E-state index contributed by atoms with van der Waals surface area (Å²) >= 11 is 1.34. The van der Waals surface area contributed by atoms with E-state index in [9.17, 15) is 24.0 Å². The van der Waals surface area contributed by atoms with Crippen LogP contribution in [0, 0.1) is 0 Å². The molecule has 5 amide bonds. The van der Waals surface area contributed by atoms with E-state index in [-0.39, 0.29) is 0 Å². The molecule has 142 valence electrons. The quantitative estimate of drug-likeness (QED) is 0.787. The third-order valence-electron chi connectivity index (χ3n) is 4.32. The van der Waals surface area contributed by atoms with Gasteiger partial charge in [-0.3, -0.25) is 34.2 Å². The number of hydrogen-bond donors (Lipinski definition) is 2. The molecule has 2 aromatic carbocycles. The van der Waals surface area contributed by atoms with Crippen LogP contribution in [0.5, 0.6) is 0 Å². The van der Waals surface area contributed by atoms with Gasteiger partial charge in [0, 0.05) is 11.1 Å². The molecular weight excluding hydrogens is 402 g/mol. The van der Waals surface area contributed by atoms with Crippen molar-refractivity contribution >= 4 is 68.2 Å². The standard InChI is InChI=1S/C18H13N3O5S2/c22-12(19-11-7-3-5-9-4-1-2-6-10(9)11)8-21-16(24)14(28-18(21)26)13-15(23)20-17(25)27-13/h1-7,13-14H,8H2,(H,19,22)(H,20,23,25)/t13-,14+/m0/s1. The van der Waals surface area contributed by atoms with E-state index in [0.29, 0.717) is 29.2 Å². The molecule has 2 heterocycles. The van der Waals surface area contributed by atoms with Crippen molar-refractivity contribution < 1.29 is 24.0 Å². The highest BCUT2D eigenvalue weighted by Gasteiger charge is 2.50. The summed E-state index contributed by atoms with van der Waals surface area (Å²) in [6.07, 6.45) is 0. The number of imide groups is 2. The van der Waals surface area contributed by atoms with Crippen LogP contribution in [0.15, 0.2) is 42.5 Å². The highest BCUT2D eigenvalue weighted by Crippen LogP contribution is 2.36. The second-order valence-electron chi connectivity index (χ2n) is 6.12. The Kier molecular flexibility index (Phi) is 4.82. The van der Waals surface area contributed by atoms with Gasteiger partial charge in [0.25, 0.3) is 10.5 Å². The topological polar surface area (TPSA) is 113 Å². The van der Waals surface area contributed by atoms with E-state index in [2.05, 4.69) is 10.6 Å². The molecule has 28 heavy (non-hydrogen) atoms. The van der Waals surface area contributed by atoms with E-state index in [4.69, 9.17) is 0 Å². The maximum atomic E-state index is 12.6. The Balaban J connectivity index is 1.47. The van der Waals surface area contributed by atoms with Crippen LogP contribution in [0.25, 0.3) is 10.8 Å². The molecule has 0 saturated carbocycles. The number of nitrogens with zero attached hydrogens (tertiary/aromatic N) is 1. The van der Waals surface area contributed by atoms with Gasteiger partial charge in [-0.05, 0) is 35.0 Å². The molecule has 2 aliphatic rings. The second-order valence-corrected chi connectivity index (χ2v) is 8.33. The number of carbonyl (C=O) groups is 5. The maximum Gasteiger partial charge on any atom is 0.289 e. The van der Waals surface area contributed by atoms with Crippen molar-refractivity contribution in [3.8, 4) is 0 Å². The Morgan fingerprint density at radius 3 is 2.50 bits per heavy atom. The number of rotatable bonds is 4. The van der Waals surface area contributed by atoms with Gasteiger partial charge in [-0.15, -0.1) is 0 Å². The van der Waals surface area contributed by atoms with Gasteiger partial charge < -0.3 is 5.32 Å². The van der Waals surface area contributed by atoms with Crippen LogP contribution in [-0.4, -0.2) is 50.1 Å². The highest BCUT2D eigenvalue weighted by atomic mass is 32.2. The van der Waals surface area contributed by atoms with Gasteiger partial charge in [0.1, 0.15) is 17.0 Å². The lowest BCUT2D eigenvalue weighted by atomic mass is 10.1. The second kappa shape index (κ2) is 7.28. The van der Waals surface area contributed by atoms with Gasteiger partial charge in [-0.1, -0.05) is 36.4 Å². The van der Waals surface area contributed by atoms with Crippen LogP contribution in [0.4, 0.5) is 15.3 Å². The van der Waals surface area contributed by atoms with Gasteiger partial charge >= 0.3 is 0 Å². The minimum atomic E-state index is -1.02. The Morgan fingerprint density at radius 1 is 1.00 bits per heavy atom. The molecule has 4 rings (SSSR count). The third-order valence-corrected chi connectivity index (χ3v) is 6.69. The third kappa shape index (κ3) is 3.36. The zero-order valence-corrected chi connectivity index (χ0v) is 15.8. The van der Waals surface area contributed by atoms with Crippen molar-refractivity contribution in [2.24, 2.45) is 0 Å². The first-order valence-electron chi connectivity index (χ1n) is 8.25. The molecule has 2 atom stereocenters. The number of carbonyl (C=O) groups excluding carboxylic acids is 5. The van der Waals surface area contributed by atoms with Crippen LogP contribution in [0.3, 0.4) is 0 Å². The predicted molar refractivity (Wildman–Crippen MR) is 106 cm³/mol. The lowest BCUT2D eigenvalue weighted by Gasteiger charge is -2.15. The number of thioether (sulfide) groups is 2. The summed E-state index contributed by atoms with van der Waals surface area (Å²) < 4.78 is 0. The number of hydrogen-bond acceptors (Lipinski definition) is 7. The Labute approximate surface area is 167 Å². The number of anilines is 1. The summed E-state index contributed by atoms with van der Waals surface area (Å²) in [6, 6.07) is 12.9. The zero-order chi connectivity index (χ0) is 19.8. The summed E-state index contributed by atoms with van der Waals surface area (Å²) in [5.41, 5.74) is 0.572. The molecule has 10 heteroatoms. The van der Waals surface area contributed by atoms with E-state index in [1.807, 2.05) is 30.3 Å². The molecule has 0 aliphatic carbocycles. The number of benzene rings is 2. The largest absolute Gasteiger partial charge is 0.324 e. The van der Waals surface area contributed by atoms with Gasteiger partial charge in [0.2, 0.25) is 17.7 Å². The van der Waals surface area contributed by atoms with Gasteiger partial charge in [-0.25, -0.2) is 0 Å². The molecule has 8 nitrogen and oxygen atoms in total. The first-order chi connectivity index (χ1) is 13.4. The average molecular weight is 415 g/mol. The van der Waals surface area contributed by atoms with E-state index in [1.54, 1.807) is 12.1 Å². The Bertz CT molecular complexity index is 1040. The lowest BCUT2D eigenvalue weighted by Crippen LogP contribution is -2.42. The molecule has 0 spiro atoms. The average Bonchev–Trinajstić information content (AvgIpc) is 3.14. The molecule has 2 N–H and O–H groups in total. The summed E-state index contributed by atoms with van der Waals surface area (Å²) in [4.78, 5) is 61.1. The van der Waals surface area contributed by atoms with Gasteiger partial charge in [0.05, 0.1) is 0 Å². The number of nitrogens with one attached hydrogen (secondary N) is 2. The first-order valence-corrected chi connectivity index (χ1v) is 10.0. The van der Waals surface area contributed by atoms with Crippen LogP contribution in [0.2, 0.25) is 0 Å². The van der Waals surface area contributed by atoms with Gasteiger partial charge in [0.15, 0.2) is 0 Å². The van der Waals surface area contributed by atoms with Crippen molar-refractivity contribution in [2.45, 2.75) is 10.5 Å². The molecule has 0 aromatic heterocycles. The van der Waals surface area contributed by atoms with Crippen molar-refractivity contribution in [2.75, 3.05) is 11.9 Å². The summed E-state index contributed by atoms with van der Waals surface area (Å²) in [7, 11) is 0. The first kappa shape index (κ1) is 18.5. The predicted octanol–water partition coefficient (Wildman–Crippen LogP) is 2.19. The SMILES string of the molecule is O=C(CN1C(=O)S[C@H]([C@@H]2SC(=O)NC2=O)C1=O)Nc1cccc2ccccc12. The Hall–Kier alpha value is -2.85. The highest BCUT2D eigenvalue weighted by molar-refractivity contribution is 8.19. The monoisotopic (exact) mass is 415 g/mol. The van der Waals surface area contributed by atoms with Crippen molar-refractivity contribution in [1.29, 1.82) is 0 Å². The van der Waals surface area contributed by atoms with Crippen molar-refractivity contribution in [3.63, 3.8) is 0 Å². The molecule has 2 aromatic rings. The van der Waals surface area contributed by atoms with Gasteiger partial charge in [-0.2, -0.15) is 0 Å². The van der Waals surface area contributed by atoms with E-state index in [1.165, 1.54) is 0 Å². The minimum Gasteiger partial charge on any atom is -0.324 e. The fourth-order valence-electron chi connectivity index (χ4n) is 3.04. The fourth-order valence-corrected chi connectivity index (χ4v) is 5.14. The summed E-state index contributed by atoms with van der Waals surface area (Å²) in [5, 5.41) is 3.43. The fraction of sp³-hybridized carbons (Fsp3) is 0.167. The summed E-state index contributed by atoms with van der Waals surface area (Å²) in [6.45, 7) is -0.461. The molecule has 2 aliphatic heterocycles. The smallest absolute Gasteiger partial charge is 0.289 e. The minimum absolute atomic E-state index is 0.461.